The number of ether oxygens (including phenoxy) is 1. The monoisotopic (exact) mass is 404 g/mol. The molecule has 4 rings (SSSR count). The van der Waals surface area contributed by atoms with Crippen molar-refractivity contribution in [3.8, 4) is 0 Å². The Kier molecular flexibility index (Phi) is 4.84. The molecule has 0 aromatic carbocycles. The maximum atomic E-state index is 13.4. The van der Waals surface area contributed by atoms with Crippen LogP contribution in [0.3, 0.4) is 0 Å². The van der Waals surface area contributed by atoms with E-state index >= 15 is 0 Å². The summed E-state index contributed by atoms with van der Waals surface area (Å²) in [6.45, 7) is 6.60. The number of aliphatic hydroxyl groups excluding tert-OH is 1. The van der Waals surface area contributed by atoms with Gasteiger partial charge in [0.1, 0.15) is 18.4 Å². The third-order valence-corrected chi connectivity index (χ3v) is 7.35. The van der Waals surface area contributed by atoms with Crippen molar-refractivity contribution in [3.05, 3.63) is 34.6 Å². The summed E-state index contributed by atoms with van der Waals surface area (Å²) >= 11 is 0. The lowest BCUT2D eigenvalue weighted by Gasteiger charge is -2.48. The summed E-state index contributed by atoms with van der Waals surface area (Å²) in [6, 6.07) is 0. The zero-order chi connectivity index (χ0) is 21.1. The first-order valence-electron chi connectivity index (χ1n) is 10.3. The number of allylic oxidation sites excluding steroid dienone is 3. The van der Waals surface area contributed by atoms with Crippen LogP contribution >= 0.6 is 0 Å². The molecule has 7 heteroatoms. The fraction of sp³-hybridized carbons (Fsp3) is 0.636. The molecule has 6 nitrogen and oxygen atoms in total. The average molecular weight is 404 g/mol. The van der Waals surface area contributed by atoms with Crippen LogP contribution in [0.2, 0.25) is 0 Å². The molecule has 0 spiro atoms. The molecule has 0 saturated carbocycles. The van der Waals surface area contributed by atoms with Crippen molar-refractivity contribution in [3.63, 3.8) is 0 Å². The van der Waals surface area contributed by atoms with E-state index in [-0.39, 0.29) is 17.2 Å². The molecule has 0 aromatic rings. The SMILES string of the molecule is CC1=C2C[C@@]3(C)C(=C[C@@H](O)[C@H](OC(=O)N4CCC(F)CC4)[C@@H]3C)C=C2N(C)C1=O. The second-order valence-corrected chi connectivity index (χ2v) is 9.00. The van der Waals surface area contributed by atoms with Crippen LogP contribution in [-0.2, 0) is 9.53 Å². The molecule has 158 valence electrons. The minimum Gasteiger partial charge on any atom is -0.443 e. The van der Waals surface area contributed by atoms with Crippen molar-refractivity contribution in [1.82, 2.24) is 9.80 Å². The summed E-state index contributed by atoms with van der Waals surface area (Å²) in [7, 11) is 1.77. The van der Waals surface area contributed by atoms with Gasteiger partial charge in [0.2, 0.25) is 0 Å². The Balaban J connectivity index is 1.59. The van der Waals surface area contributed by atoms with Crippen molar-refractivity contribution in [2.24, 2.45) is 11.3 Å². The number of nitrogens with zero attached hydrogens (tertiary/aromatic N) is 2. The van der Waals surface area contributed by atoms with Crippen LogP contribution in [0.5, 0.6) is 0 Å². The van der Waals surface area contributed by atoms with E-state index in [1.807, 2.05) is 19.9 Å². The number of carbonyl (C=O) groups excluding carboxylic acids is 2. The quantitative estimate of drug-likeness (QED) is 0.730. The Morgan fingerprint density at radius 2 is 2.00 bits per heavy atom. The lowest BCUT2D eigenvalue weighted by molar-refractivity contribution is -0.123. The predicted molar refractivity (Wildman–Crippen MR) is 106 cm³/mol. The van der Waals surface area contributed by atoms with Crippen LogP contribution in [-0.4, -0.2) is 65.4 Å². The zero-order valence-corrected chi connectivity index (χ0v) is 17.4. The number of piperidine rings is 1. The van der Waals surface area contributed by atoms with Gasteiger partial charge in [0.15, 0.2) is 0 Å². The highest BCUT2D eigenvalue weighted by atomic mass is 19.1. The first kappa shape index (κ1) is 20.1. The minimum atomic E-state index is -0.929. The van der Waals surface area contributed by atoms with E-state index in [1.54, 1.807) is 18.0 Å². The van der Waals surface area contributed by atoms with Gasteiger partial charge in [0.25, 0.3) is 5.91 Å². The number of amides is 2. The number of hydrogen-bond acceptors (Lipinski definition) is 4. The van der Waals surface area contributed by atoms with Crippen molar-refractivity contribution in [2.75, 3.05) is 20.1 Å². The van der Waals surface area contributed by atoms with Gasteiger partial charge in [-0.1, -0.05) is 13.8 Å². The van der Waals surface area contributed by atoms with Crippen LogP contribution in [0, 0.1) is 11.3 Å². The predicted octanol–water partition coefficient (Wildman–Crippen LogP) is 2.94. The lowest BCUT2D eigenvalue weighted by Crippen LogP contribution is -2.51. The normalized spacial score (nSPS) is 35.2. The lowest BCUT2D eigenvalue weighted by atomic mass is 9.59. The molecular weight excluding hydrogens is 375 g/mol. The fourth-order valence-corrected chi connectivity index (χ4v) is 5.07. The number of likely N-dealkylation sites (tertiary alicyclic amines) is 1. The number of halogens is 1. The maximum Gasteiger partial charge on any atom is 0.410 e. The highest BCUT2D eigenvalue weighted by Crippen LogP contribution is 2.54. The van der Waals surface area contributed by atoms with Gasteiger partial charge < -0.3 is 19.6 Å². The highest BCUT2D eigenvalue weighted by molar-refractivity contribution is 6.00. The summed E-state index contributed by atoms with van der Waals surface area (Å²) in [5, 5.41) is 10.7. The van der Waals surface area contributed by atoms with Crippen molar-refractivity contribution in [2.45, 2.75) is 58.4 Å². The molecule has 2 heterocycles. The van der Waals surface area contributed by atoms with Crippen LogP contribution in [0.25, 0.3) is 0 Å². The summed E-state index contributed by atoms with van der Waals surface area (Å²) in [5.41, 5.74) is 3.27. The molecule has 0 unspecified atom stereocenters. The Bertz CT molecular complexity index is 840. The van der Waals surface area contributed by atoms with Gasteiger partial charge in [-0.2, -0.15) is 0 Å². The number of carbonyl (C=O) groups is 2. The molecular formula is C22H29FN2O4. The van der Waals surface area contributed by atoms with Crippen LogP contribution in [0.1, 0.15) is 40.0 Å². The van der Waals surface area contributed by atoms with Gasteiger partial charge in [-0.25, -0.2) is 9.18 Å². The molecule has 1 N–H and O–H groups in total. The second kappa shape index (κ2) is 6.97. The van der Waals surface area contributed by atoms with E-state index < -0.39 is 24.5 Å². The Morgan fingerprint density at radius 1 is 1.34 bits per heavy atom. The zero-order valence-electron chi connectivity index (χ0n) is 17.4. The fourth-order valence-electron chi connectivity index (χ4n) is 5.07. The van der Waals surface area contributed by atoms with Gasteiger partial charge >= 0.3 is 6.09 Å². The topological polar surface area (TPSA) is 70.1 Å². The number of aliphatic hydroxyl groups is 1. The first-order valence-corrected chi connectivity index (χ1v) is 10.3. The van der Waals surface area contributed by atoms with Gasteiger partial charge in [0.05, 0.1) is 0 Å². The molecule has 1 fully saturated rings. The number of alkyl halides is 1. The van der Waals surface area contributed by atoms with E-state index in [9.17, 15) is 19.1 Å². The average Bonchev–Trinajstić information content (AvgIpc) is 2.89. The summed E-state index contributed by atoms with van der Waals surface area (Å²) in [4.78, 5) is 28.2. The summed E-state index contributed by atoms with van der Waals surface area (Å²) in [6.07, 6.45) is 2.05. The van der Waals surface area contributed by atoms with E-state index in [2.05, 4.69) is 6.92 Å². The molecule has 4 atom stereocenters. The van der Waals surface area contributed by atoms with Crippen LogP contribution < -0.4 is 0 Å². The van der Waals surface area contributed by atoms with Crippen LogP contribution in [0.4, 0.5) is 9.18 Å². The Morgan fingerprint density at radius 3 is 2.66 bits per heavy atom. The molecule has 1 saturated heterocycles. The number of fused-ring (bicyclic) bond motifs is 2. The Hall–Kier alpha value is -2.15. The summed E-state index contributed by atoms with van der Waals surface area (Å²) in [5.74, 6) is -0.152. The van der Waals surface area contributed by atoms with E-state index in [0.717, 1.165) is 22.4 Å². The molecule has 4 aliphatic rings. The summed E-state index contributed by atoms with van der Waals surface area (Å²) < 4.78 is 19.1. The minimum absolute atomic E-state index is 0.00143. The van der Waals surface area contributed by atoms with Crippen molar-refractivity contribution >= 4 is 12.0 Å². The van der Waals surface area contributed by atoms with Gasteiger partial charge in [0, 0.05) is 42.7 Å². The number of likely N-dealkylation sites (N-methyl/N-ethyl adjacent to an activating group) is 1. The van der Waals surface area contributed by atoms with E-state index in [0.29, 0.717) is 32.4 Å². The smallest absolute Gasteiger partial charge is 0.410 e. The largest absolute Gasteiger partial charge is 0.443 e. The third kappa shape index (κ3) is 3.10. The number of hydrogen-bond donors (Lipinski definition) is 1. The number of rotatable bonds is 1. The molecule has 2 amide bonds. The molecule has 0 aromatic heterocycles. The maximum absolute atomic E-state index is 13.4. The molecule has 0 bridgehead atoms. The van der Waals surface area contributed by atoms with Gasteiger partial charge in [-0.15, -0.1) is 0 Å². The molecule has 2 aliphatic heterocycles. The van der Waals surface area contributed by atoms with Crippen molar-refractivity contribution < 1.29 is 23.8 Å². The molecule has 2 aliphatic carbocycles. The van der Waals surface area contributed by atoms with Crippen LogP contribution in [0.15, 0.2) is 34.6 Å². The Labute approximate surface area is 170 Å². The van der Waals surface area contributed by atoms with E-state index in [4.69, 9.17) is 4.74 Å². The standard InChI is InChI=1S/C22H29FN2O4/c1-12-16-11-22(3)13(2)19(29-21(28)25-7-5-15(23)6-8-25)18(26)10-14(22)9-17(16)24(4)20(12)27/h9-10,13,15,18-19,26H,5-8,11H2,1-4H3/t13-,18+,19+,22+/m0/s1. The van der Waals surface area contributed by atoms with E-state index in [1.165, 1.54) is 4.90 Å². The van der Waals surface area contributed by atoms with Gasteiger partial charge in [-0.05, 0) is 49.5 Å². The molecule has 29 heavy (non-hydrogen) atoms. The highest BCUT2D eigenvalue weighted by Gasteiger charge is 2.51. The first-order chi connectivity index (χ1) is 13.6. The molecule has 0 radical (unpaired) electrons. The van der Waals surface area contributed by atoms with Crippen molar-refractivity contribution in [1.29, 1.82) is 0 Å². The third-order valence-electron chi connectivity index (χ3n) is 7.35. The second-order valence-electron chi connectivity index (χ2n) is 9.00. The van der Waals surface area contributed by atoms with Gasteiger partial charge in [-0.3, -0.25) is 4.79 Å².